The zero-order valence-corrected chi connectivity index (χ0v) is 16.2. The van der Waals surface area contributed by atoms with Crippen LogP contribution in [0.1, 0.15) is 36.8 Å². The average molecular weight is 400 g/mol. The summed E-state index contributed by atoms with van der Waals surface area (Å²) in [7, 11) is 1.60. The predicted molar refractivity (Wildman–Crippen MR) is 101 cm³/mol. The Morgan fingerprint density at radius 2 is 2.04 bits per heavy atom. The van der Waals surface area contributed by atoms with Gasteiger partial charge in [0.15, 0.2) is 12.6 Å². The van der Waals surface area contributed by atoms with E-state index in [1.54, 1.807) is 26.1 Å². The quantitative estimate of drug-likeness (QED) is 0.339. The van der Waals surface area contributed by atoms with Crippen LogP contribution in [0, 0.1) is 6.92 Å². The molecule has 1 aliphatic rings. The fourth-order valence-electron chi connectivity index (χ4n) is 2.48. The van der Waals surface area contributed by atoms with Crippen LogP contribution < -0.4 is 20.7 Å². The number of rotatable bonds is 9. The minimum Gasteiger partial charge on any atom is -0.484 e. The second-order valence-corrected chi connectivity index (χ2v) is 6.81. The molecule has 0 unspecified atom stereocenters. The maximum Gasteiger partial charge on any atom is 0.422 e. The van der Waals surface area contributed by atoms with Crippen LogP contribution >= 0.6 is 0 Å². The summed E-state index contributed by atoms with van der Waals surface area (Å²) in [6.45, 7) is 1.27. The van der Waals surface area contributed by atoms with Crippen LogP contribution in [0.25, 0.3) is 0 Å². The standard InChI is InChI=1S/C19H27F3N4O2/c1-13-5-6-14(16(10-13)28-12-19(20,21)22)11-25-18(23-2)24-9-3-4-17(27)26-15-7-8-15/h5-6,10,15H,3-4,7-9,11-12H2,1-2H3,(H,26,27)(H2,23,24,25). The van der Waals surface area contributed by atoms with Crippen molar-refractivity contribution in [2.24, 2.45) is 4.99 Å². The first-order chi connectivity index (χ1) is 13.3. The van der Waals surface area contributed by atoms with Gasteiger partial charge in [-0.3, -0.25) is 9.79 Å². The lowest BCUT2D eigenvalue weighted by atomic mass is 10.1. The summed E-state index contributed by atoms with van der Waals surface area (Å²) >= 11 is 0. The third-order valence-electron chi connectivity index (χ3n) is 4.10. The normalized spacial score (nSPS) is 14.5. The van der Waals surface area contributed by atoms with Gasteiger partial charge in [0.2, 0.25) is 5.91 Å². The molecule has 0 aromatic heterocycles. The van der Waals surface area contributed by atoms with Crippen molar-refractivity contribution in [3.05, 3.63) is 29.3 Å². The molecule has 1 amide bonds. The smallest absolute Gasteiger partial charge is 0.422 e. The molecule has 156 valence electrons. The van der Waals surface area contributed by atoms with E-state index in [1.165, 1.54) is 0 Å². The number of nitrogens with zero attached hydrogens (tertiary/aromatic N) is 1. The van der Waals surface area contributed by atoms with Gasteiger partial charge in [0.05, 0.1) is 0 Å². The predicted octanol–water partition coefficient (Wildman–Crippen LogP) is 2.66. The Balaban J connectivity index is 1.77. The van der Waals surface area contributed by atoms with Crippen molar-refractivity contribution in [2.75, 3.05) is 20.2 Å². The molecular weight excluding hydrogens is 373 g/mol. The molecular formula is C19H27F3N4O2. The molecule has 1 saturated carbocycles. The lowest BCUT2D eigenvalue weighted by Gasteiger charge is -2.16. The Labute approximate surface area is 162 Å². The van der Waals surface area contributed by atoms with Crippen molar-refractivity contribution in [3.63, 3.8) is 0 Å². The summed E-state index contributed by atoms with van der Waals surface area (Å²) in [6, 6.07) is 5.48. The molecule has 1 fully saturated rings. The van der Waals surface area contributed by atoms with Crippen molar-refractivity contribution in [1.82, 2.24) is 16.0 Å². The van der Waals surface area contributed by atoms with Gasteiger partial charge in [-0.05, 0) is 37.8 Å². The van der Waals surface area contributed by atoms with E-state index < -0.39 is 12.8 Å². The molecule has 0 bridgehead atoms. The highest BCUT2D eigenvalue weighted by Gasteiger charge is 2.28. The Morgan fingerprint density at radius 3 is 2.68 bits per heavy atom. The topological polar surface area (TPSA) is 74.8 Å². The third-order valence-corrected chi connectivity index (χ3v) is 4.10. The maximum absolute atomic E-state index is 12.4. The summed E-state index contributed by atoms with van der Waals surface area (Å²) in [4.78, 5) is 15.7. The number of benzene rings is 1. The van der Waals surface area contributed by atoms with Crippen LogP contribution in [0.15, 0.2) is 23.2 Å². The van der Waals surface area contributed by atoms with Crippen molar-refractivity contribution in [2.45, 2.75) is 51.4 Å². The average Bonchev–Trinajstić information content (AvgIpc) is 3.43. The summed E-state index contributed by atoms with van der Waals surface area (Å²) < 4.78 is 42.3. The minimum atomic E-state index is -4.39. The number of aliphatic imine (C=N–C) groups is 1. The number of aryl methyl sites for hydroxylation is 1. The molecule has 0 radical (unpaired) electrons. The van der Waals surface area contributed by atoms with Crippen LogP contribution in [0.5, 0.6) is 5.75 Å². The molecule has 2 rings (SSSR count). The van der Waals surface area contributed by atoms with E-state index in [-0.39, 0.29) is 18.2 Å². The van der Waals surface area contributed by atoms with Crippen molar-refractivity contribution >= 4 is 11.9 Å². The monoisotopic (exact) mass is 400 g/mol. The highest BCUT2D eigenvalue weighted by molar-refractivity contribution is 5.80. The highest BCUT2D eigenvalue weighted by Crippen LogP contribution is 2.23. The van der Waals surface area contributed by atoms with Gasteiger partial charge in [-0.15, -0.1) is 0 Å². The first-order valence-electron chi connectivity index (χ1n) is 9.30. The number of guanidine groups is 1. The van der Waals surface area contributed by atoms with Gasteiger partial charge >= 0.3 is 6.18 Å². The van der Waals surface area contributed by atoms with Crippen LogP contribution in [-0.4, -0.2) is 44.3 Å². The van der Waals surface area contributed by atoms with Crippen LogP contribution in [0.4, 0.5) is 13.2 Å². The Morgan fingerprint density at radius 1 is 1.29 bits per heavy atom. The molecule has 1 aromatic carbocycles. The molecule has 0 saturated heterocycles. The van der Waals surface area contributed by atoms with E-state index >= 15 is 0 Å². The number of halogens is 3. The Hall–Kier alpha value is -2.45. The van der Waals surface area contributed by atoms with Gasteiger partial charge < -0.3 is 20.7 Å². The first kappa shape index (κ1) is 21.8. The van der Waals surface area contributed by atoms with Crippen LogP contribution in [0.2, 0.25) is 0 Å². The van der Waals surface area contributed by atoms with E-state index in [0.29, 0.717) is 37.0 Å². The zero-order chi connectivity index (χ0) is 20.6. The van der Waals surface area contributed by atoms with Gasteiger partial charge in [-0.25, -0.2) is 0 Å². The summed E-state index contributed by atoms with van der Waals surface area (Å²) in [6.07, 6.45) is -1.17. The molecule has 1 aliphatic carbocycles. The van der Waals surface area contributed by atoms with E-state index in [2.05, 4.69) is 20.9 Å². The van der Waals surface area contributed by atoms with Crippen molar-refractivity contribution in [1.29, 1.82) is 0 Å². The largest absolute Gasteiger partial charge is 0.484 e. The molecule has 9 heteroatoms. The van der Waals surface area contributed by atoms with E-state index in [0.717, 1.165) is 18.4 Å². The fourth-order valence-corrected chi connectivity index (χ4v) is 2.48. The van der Waals surface area contributed by atoms with Gasteiger partial charge in [0.25, 0.3) is 0 Å². The molecule has 0 aliphatic heterocycles. The molecule has 28 heavy (non-hydrogen) atoms. The summed E-state index contributed by atoms with van der Waals surface area (Å²) in [5, 5.41) is 9.07. The van der Waals surface area contributed by atoms with Crippen molar-refractivity contribution < 1.29 is 22.7 Å². The zero-order valence-electron chi connectivity index (χ0n) is 16.2. The van der Waals surface area contributed by atoms with Crippen molar-refractivity contribution in [3.8, 4) is 5.75 Å². The Kier molecular flexibility index (Phi) is 7.95. The number of alkyl halides is 3. The molecule has 0 atom stereocenters. The number of ether oxygens (including phenoxy) is 1. The van der Waals surface area contributed by atoms with Crippen LogP contribution in [0.3, 0.4) is 0 Å². The number of hydrogen-bond donors (Lipinski definition) is 3. The molecule has 6 nitrogen and oxygen atoms in total. The molecule has 0 spiro atoms. The number of carbonyl (C=O) groups excluding carboxylic acids is 1. The summed E-state index contributed by atoms with van der Waals surface area (Å²) in [5.41, 5.74) is 1.41. The second-order valence-electron chi connectivity index (χ2n) is 6.81. The van der Waals surface area contributed by atoms with Gasteiger partial charge in [-0.1, -0.05) is 12.1 Å². The number of amides is 1. The SMILES string of the molecule is CN=C(NCCCC(=O)NC1CC1)NCc1ccc(C)cc1OCC(F)(F)F. The van der Waals surface area contributed by atoms with Gasteiger partial charge in [0.1, 0.15) is 5.75 Å². The lowest BCUT2D eigenvalue weighted by Crippen LogP contribution is -2.37. The number of carbonyl (C=O) groups is 1. The molecule has 3 N–H and O–H groups in total. The first-order valence-corrected chi connectivity index (χ1v) is 9.30. The summed E-state index contributed by atoms with van der Waals surface area (Å²) in [5.74, 6) is 0.750. The van der Waals surface area contributed by atoms with E-state index in [9.17, 15) is 18.0 Å². The second kappa shape index (κ2) is 10.2. The molecule has 0 heterocycles. The fraction of sp³-hybridized carbons (Fsp3) is 0.579. The van der Waals surface area contributed by atoms with E-state index in [1.807, 2.05) is 6.07 Å². The Bertz CT molecular complexity index is 688. The van der Waals surface area contributed by atoms with Gasteiger partial charge in [-0.2, -0.15) is 13.2 Å². The highest BCUT2D eigenvalue weighted by atomic mass is 19.4. The third kappa shape index (κ3) is 8.49. The van der Waals surface area contributed by atoms with Gasteiger partial charge in [0, 0.05) is 38.2 Å². The molecule has 1 aromatic rings. The number of nitrogens with one attached hydrogen (secondary N) is 3. The minimum absolute atomic E-state index is 0.0540. The maximum atomic E-state index is 12.4. The van der Waals surface area contributed by atoms with Crippen LogP contribution in [-0.2, 0) is 11.3 Å². The van der Waals surface area contributed by atoms with E-state index in [4.69, 9.17) is 4.74 Å². The lowest BCUT2D eigenvalue weighted by molar-refractivity contribution is -0.153. The number of hydrogen-bond acceptors (Lipinski definition) is 3.